The lowest BCUT2D eigenvalue weighted by molar-refractivity contribution is -0.382. The molecule has 0 aromatic heterocycles. The summed E-state index contributed by atoms with van der Waals surface area (Å²) in [6.45, 7) is 0. The summed E-state index contributed by atoms with van der Waals surface area (Å²) in [4.78, 5) is 0. The molecule has 3 nitrogen and oxygen atoms in total. The zero-order chi connectivity index (χ0) is 27.0. The van der Waals surface area contributed by atoms with Crippen LogP contribution in [0.3, 0.4) is 0 Å². The Kier molecular flexibility index (Phi) is 7.26. The summed E-state index contributed by atoms with van der Waals surface area (Å²) in [5.41, 5.74) is 0. The van der Waals surface area contributed by atoms with Crippen molar-refractivity contribution in [3.05, 3.63) is 91.0 Å². The Balaban J connectivity index is 2.33. The highest BCUT2D eigenvalue weighted by atomic mass is 32.2. The van der Waals surface area contributed by atoms with Gasteiger partial charge >= 0.3 is 33.4 Å². The third kappa shape index (κ3) is 4.37. The number of hydrogen-bond donors (Lipinski definition) is 0. The number of alkyl halides is 9. The van der Waals surface area contributed by atoms with Gasteiger partial charge in [0.1, 0.15) is 15.9 Å². The average Bonchev–Trinajstić information content (AvgIpc) is 2.83. The van der Waals surface area contributed by atoms with Gasteiger partial charge in [0.2, 0.25) is 0 Å². The van der Waals surface area contributed by atoms with Crippen LogP contribution in [-0.4, -0.2) is 31.7 Å². The van der Waals surface area contributed by atoms with Crippen molar-refractivity contribution in [2.24, 2.45) is 0 Å². The topological polar surface area (TPSA) is 43.4 Å². The molecule has 0 bridgehead atoms. The molecular weight excluding hydrogens is 546 g/mol. The van der Waals surface area contributed by atoms with Crippen molar-refractivity contribution in [1.29, 1.82) is 0 Å². The van der Waals surface area contributed by atoms with E-state index in [0.29, 0.717) is 0 Å². The van der Waals surface area contributed by atoms with Gasteiger partial charge in [-0.1, -0.05) is 58.6 Å². The minimum absolute atomic E-state index is 0.118. The molecule has 0 unspecified atom stereocenters. The number of benzene rings is 3. The Labute approximate surface area is 200 Å². The minimum atomic E-state index is -7.42. The van der Waals surface area contributed by atoms with E-state index in [1.165, 1.54) is 91.0 Å². The Bertz CT molecular complexity index is 1190. The quantitative estimate of drug-likeness (QED) is 0.263. The lowest BCUT2D eigenvalue weighted by atomic mass is 10.1. The van der Waals surface area contributed by atoms with Gasteiger partial charge < -0.3 is 0 Å². The van der Waals surface area contributed by atoms with E-state index in [0.717, 1.165) is 0 Å². The molecule has 36 heavy (non-hydrogen) atoms. The van der Waals surface area contributed by atoms with Crippen molar-refractivity contribution >= 4 is 33.5 Å². The standard InChI is InChI=1S/C22H15F9O3PS/c23-19(24,21(27,28)29)20(25,26)22(30,31)36(32,33)34-35(16-10-4-1-5-11-16,17-12-6-2-7-13-17)18-14-8-3-9-15-18/h1-15H/q+1. The smallest absolute Gasteiger partial charge is 0.191 e. The highest BCUT2D eigenvalue weighted by Gasteiger charge is 2.86. The summed E-state index contributed by atoms with van der Waals surface area (Å²) in [5, 5.41) is -7.35. The summed E-state index contributed by atoms with van der Waals surface area (Å²) < 4.78 is 152. The number of hydrogen-bond acceptors (Lipinski definition) is 3. The molecule has 0 N–H and O–H groups in total. The van der Waals surface area contributed by atoms with Gasteiger partial charge in [0, 0.05) is 0 Å². The van der Waals surface area contributed by atoms with E-state index in [4.69, 9.17) is 3.97 Å². The molecule has 0 spiro atoms. The van der Waals surface area contributed by atoms with E-state index in [9.17, 15) is 47.9 Å². The van der Waals surface area contributed by atoms with Crippen LogP contribution in [0.25, 0.3) is 0 Å². The van der Waals surface area contributed by atoms with Gasteiger partial charge in [-0.15, -0.1) is 0 Å². The molecule has 0 heterocycles. The molecule has 0 aliphatic heterocycles. The maximum Gasteiger partial charge on any atom is 0.460 e. The predicted molar refractivity (Wildman–Crippen MR) is 116 cm³/mol. The molecule has 0 saturated heterocycles. The van der Waals surface area contributed by atoms with Crippen LogP contribution in [0.4, 0.5) is 39.5 Å². The Morgan fingerprint density at radius 2 is 0.833 bits per heavy atom. The van der Waals surface area contributed by atoms with Crippen molar-refractivity contribution in [3.63, 3.8) is 0 Å². The molecule has 0 aliphatic carbocycles. The molecule has 3 rings (SSSR count). The summed E-state index contributed by atoms with van der Waals surface area (Å²) in [6.07, 6.45) is -7.19. The summed E-state index contributed by atoms with van der Waals surface area (Å²) >= 11 is 0. The van der Waals surface area contributed by atoms with Gasteiger partial charge in [-0.3, -0.25) is 0 Å². The van der Waals surface area contributed by atoms with Crippen molar-refractivity contribution in [1.82, 2.24) is 0 Å². The largest absolute Gasteiger partial charge is 0.460 e. The maximum absolute atomic E-state index is 14.7. The minimum Gasteiger partial charge on any atom is -0.191 e. The predicted octanol–water partition coefficient (Wildman–Crippen LogP) is 5.67. The van der Waals surface area contributed by atoms with E-state index in [2.05, 4.69) is 0 Å². The molecule has 0 saturated carbocycles. The van der Waals surface area contributed by atoms with Crippen molar-refractivity contribution in [2.45, 2.75) is 23.3 Å². The molecule has 0 aliphatic rings. The average molecular weight is 561 g/mol. The van der Waals surface area contributed by atoms with Crippen molar-refractivity contribution < 1.29 is 51.9 Å². The van der Waals surface area contributed by atoms with Crippen molar-refractivity contribution in [2.75, 3.05) is 0 Å². The molecule has 0 amide bonds. The van der Waals surface area contributed by atoms with Gasteiger partial charge in [0.25, 0.3) is 7.49 Å². The van der Waals surface area contributed by atoms with Gasteiger partial charge in [0.05, 0.1) is 0 Å². The molecule has 3 aromatic carbocycles. The second-order valence-electron chi connectivity index (χ2n) is 7.31. The highest BCUT2D eigenvalue weighted by molar-refractivity contribution is 8.02. The first kappa shape index (κ1) is 27.9. The second-order valence-corrected chi connectivity index (χ2v) is 12.1. The zero-order valence-electron chi connectivity index (χ0n) is 17.6. The van der Waals surface area contributed by atoms with Crippen LogP contribution in [0, 0.1) is 0 Å². The lowest BCUT2D eigenvalue weighted by Crippen LogP contribution is -2.63. The van der Waals surface area contributed by atoms with Crippen LogP contribution in [0.15, 0.2) is 91.0 Å². The van der Waals surface area contributed by atoms with Crippen LogP contribution in [0.2, 0.25) is 0 Å². The molecule has 194 valence electrons. The third-order valence-electron chi connectivity index (χ3n) is 5.00. The molecular formula is C22H15F9O3PS+. The van der Waals surface area contributed by atoms with E-state index < -0.39 is 40.9 Å². The first-order valence-electron chi connectivity index (χ1n) is 9.74. The SMILES string of the molecule is O=S(=O)(O[P+](c1ccccc1)(c1ccccc1)c1ccccc1)C(F)(F)C(F)(F)C(F)(F)C(F)(F)F. The van der Waals surface area contributed by atoms with Crippen LogP contribution in [-0.2, 0) is 14.1 Å². The molecule has 0 atom stereocenters. The Hall–Kier alpha value is -2.63. The normalized spacial score (nSPS) is 14.0. The summed E-state index contributed by atoms with van der Waals surface area (Å²) in [7, 11) is -11.5. The van der Waals surface area contributed by atoms with E-state index in [1.807, 2.05) is 0 Å². The number of rotatable bonds is 8. The van der Waals surface area contributed by atoms with Crippen LogP contribution >= 0.6 is 7.49 Å². The fraction of sp³-hybridized carbons (Fsp3) is 0.182. The Morgan fingerprint density at radius 1 is 0.528 bits per heavy atom. The fourth-order valence-corrected chi connectivity index (χ4v) is 8.90. The summed E-state index contributed by atoms with van der Waals surface area (Å²) in [6, 6.07) is 19.8. The van der Waals surface area contributed by atoms with Gasteiger partial charge in [-0.05, 0) is 36.4 Å². The van der Waals surface area contributed by atoms with Crippen molar-refractivity contribution in [3.8, 4) is 0 Å². The number of halogens is 9. The van der Waals surface area contributed by atoms with E-state index in [1.54, 1.807) is 0 Å². The summed E-state index contributed by atoms with van der Waals surface area (Å²) in [5.74, 6) is -14.8. The molecule has 0 radical (unpaired) electrons. The van der Waals surface area contributed by atoms with Crippen LogP contribution in [0.5, 0.6) is 0 Å². The maximum atomic E-state index is 14.7. The van der Waals surface area contributed by atoms with E-state index >= 15 is 0 Å². The zero-order valence-corrected chi connectivity index (χ0v) is 19.4. The van der Waals surface area contributed by atoms with Crippen LogP contribution in [0.1, 0.15) is 0 Å². The lowest BCUT2D eigenvalue weighted by Gasteiger charge is -2.33. The van der Waals surface area contributed by atoms with Gasteiger partial charge in [-0.25, -0.2) is 0 Å². The second kappa shape index (κ2) is 9.35. The molecule has 14 heteroatoms. The van der Waals surface area contributed by atoms with E-state index in [-0.39, 0.29) is 15.9 Å². The Morgan fingerprint density at radius 3 is 1.11 bits per heavy atom. The monoisotopic (exact) mass is 561 g/mol. The van der Waals surface area contributed by atoms with Gasteiger partial charge in [0.15, 0.2) is 0 Å². The molecule has 0 fully saturated rings. The fourth-order valence-electron chi connectivity index (χ4n) is 3.20. The van der Waals surface area contributed by atoms with Crippen LogP contribution < -0.4 is 15.9 Å². The molecule has 3 aromatic rings. The first-order valence-corrected chi connectivity index (χ1v) is 12.9. The van der Waals surface area contributed by atoms with Gasteiger partial charge in [-0.2, -0.15) is 47.9 Å². The first-order chi connectivity index (χ1) is 16.5. The highest BCUT2D eigenvalue weighted by Crippen LogP contribution is 2.62. The third-order valence-corrected chi connectivity index (χ3v) is 10.6.